The van der Waals surface area contributed by atoms with E-state index < -0.39 is 23.4 Å². The third-order valence-electron chi connectivity index (χ3n) is 4.01. The number of aliphatic carboxylic acids is 1. The predicted octanol–water partition coefficient (Wildman–Crippen LogP) is 0.405. The molecule has 1 saturated carbocycles. The van der Waals surface area contributed by atoms with Crippen LogP contribution in [0.2, 0.25) is 0 Å². The van der Waals surface area contributed by atoms with E-state index in [1.165, 1.54) is 12.0 Å². The van der Waals surface area contributed by atoms with E-state index in [4.69, 9.17) is 0 Å². The number of amides is 1. The molecule has 0 aromatic rings. The molecule has 0 bridgehead atoms. The van der Waals surface area contributed by atoms with E-state index in [2.05, 4.69) is 4.74 Å². The van der Waals surface area contributed by atoms with Gasteiger partial charge in [-0.15, -0.1) is 0 Å². The summed E-state index contributed by atoms with van der Waals surface area (Å²) in [5, 5.41) is 9.41. The molecule has 1 heterocycles. The summed E-state index contributed by atoms with van der Waals surface area (Å²) in [5.41, 5.74) is -1.10. The summed E-state index contributed by atoms with van der Waals surface area (Å²) in [5.74, 6) is -2.18. The Morgan fingerprint density at radius 3 is 2.50 bits per heavy atom. The second-order valence-corrected chi connectivity index (χ2v) is 4.97. The van der Waals surface area contributed by atoms with Crippen molar-refractivity contribution in [1.29, 1.82) is 0 Å². The van der Waals surface area contributed by atoms with Crippen molar-refractivity contribution in [2.24, 2.45) is 5.92 Å². The van der Waals surface area contributed by atoms with Crippen LogP contribution in [0.25, 0.3) is 0 Å². The quantitative estimate of drug-likeness (QED) is 0.738. The summed E-state index contributed by atoms with van der Waals surface area (Å²) in [6.07, 6.45) is 2.61. The zero-order valence-corrected chi connectivity index (χ0v) is 10.3. The Morgan fingerprint density at radius 2 is 2.00 bits per heavy atom. The Kier molecular flexibility index (Phi) is 3.28. The SMILES string of the molecule is COC(=O)C1CC(=O)N(C2(C(=O)O)CCCC2)C1. The lowest BCUT2D eigenvalue weighted by Gasteiger charge is -2.34. The molecule has 2 aliphatic rings. The fourth-order valence-electron chi connectivity index (χ4n) is 3.00. The number of rotatable bonds is 3. The fraction of sp³-hybridized carbons (Fsp3) is 0.750. The smallest absolute Gasteiger partial charge is 0.329 e. The standard InChI is InChI=1S/C12H17NO5/c1-18-10(15)8-6-9(14)13(7-8)12(11(16)17)4-2-3-5-12/h8H,2-7H2,1H3,(H,16,17). The maximum Gasteiger partial charge on any atom is 0.329 e. The molecule has 6 heteroatoms. The lowest BCUT2D eigenvalue weighted by Crippen LogP contribution is -2.53. The topological polar surface area (TPSA) is 83.9 Å². The van der Waals surface area contributed by atoms with Gasteiger partial charge in [0.2, 0.25) is 5.91 Å². The van der Waals surface area contributed by atoms with Gasteiger partial charge in [0.1, 0.15) is 5.54 Å². The van der Waals surface area contributed by atoms with Crippen LogP contribution in [0, 0.1) is 5.92 Å². The second kappa shape index (κ2) is 4.59. The maximum absolute atomic E-state index is 12.0. The zero-order chi connectivity index (χ0) is 13.3. The number of carboxylic acids is 1. The molecule has 100 valence electrons. The van der Waals surface area contributed by atoms with E-state index in [1.807, 2.05) is 0 Å². The highest BCUT2D eigenvalue weighted by atomic mass is 16.5. The Labute approximate surface area is 105 Å². The minimum absolute atomic E-state index is 0.0572. The molecule has 18 heavy (non-hydrogen) atoms. The number of hydrogen-bond donors (Lipinski definition) is 1. The van der Waals surface area contributed by atoms with Crippen LogP contribution in [-0.4, -0.2) is 47.0 Å². The van der Waals surface area contributed by atoms with Gasteiger partial charge in [-0.05, 0) is 12.8 Å². The van der Waals surface area contributed by atoms with Gasteiger partial charge in [-0.1, -0.05) is 12.8 Å². The lowest BCUT2D eigenvalue weighted by molar-refractivity contribution is -0.157. The van der Waals surface area contributed by atoms with Gasteiger partial charge in [0.25, 0.3) is 0 Å². The Morgan fingerprint density at radius 1 is 1.39 bits per heavy atom. The van der Waals surface area contributed by atoms with Crippen LogP contribution in [-0.2, 0) is 19.1 Å². The van der Waals surface area contributed by atoms with Crippen molar-refractivity contribution < 1.29 is 24.2 Å². The van der Waals surface area contributed by atoms with Gasteiger partial charge in [-0.3, -0.25) is 9.59 Å². The van der Waals surface area contributed by atoms with Crippen LogP contribution < -0.4 is 0 Å². The molecule has 1 unspecified atom stereocenters. The van der Waals surface area contributed by atoms with Gasteiger partial charge in [-0.25, -0.2) is 4.79 Å². The molecular formula is C12H17NO5. The Balaban J connectivity index is 2.20. The maximum atomic E-state index is 12.0. The molecule has 0 aromatic carbocycles. The number of nitrogens with zero attached hydrogens (tertiary/aromatic N) is 1. The van der Waals surface area contributed by atoms with Crippen LogP contribution in [0.5, 0.6) is 0 Å². The summed E-state index contributed by atoms with van der Waals surface area (Å²) in [6, 6.07) is 0. The van der Waals surface area contributed by atoms with E-state index in [-0.39, 0.29) is 18.9 Å². The van der Waals surface area contributed by atoms with Crippen LogP contribution >= 0.6 is 0 Å². The molecule has 1 aliphatic carbocycles. The number of carbonyl (C=O) groups excluding carboxylic acids is 2. The van der Waals surface area contributed by atoms with E-state index in [0.717, 1.165) is 12.8 Å². The molecule has 2 fully saturated rings. The van der Waals surface area contributed by atoms with Gasteiger partial charge >= 0.3 is 11.9 Å². The largest absolute Gasteiger partial charge is 0.479 e. The lowest BCUT2D eigenvalue weighted by atomic mass is 9.95. The third-order valence-corrected chi connectivity index (χ3v) is 4.01. The van der Waals surface area contributed by atoms with Crippen molar-refractivity contribution in [2.45, 2.75) is 37.6 Å². The highest BCUT2D eigenvalue weighted by Crippen LogP contribution is 2.39. The zero-order valence-electron chi connectivity index (χ0n) is 10.3. The molecule has 0 aromatic heterocycles. The molecule has 6 nitrogen and oxygen atoms in total. The molecule has 1 amide bonds. The van der Waals surface area contributed by atoms with Crippen molar-refractivity contribution in [2.75, 3.05) is 13.7 Å². The number of esters is 1. The normalized spacial score (nSPS) is 26.4. The van der Waals surface area contributed by atoms with Crippen molar-refractivity contribution in [3.05, 3.63) is 0 Å². The van der Waals surface area contributed by atoms with Crippen molar-refractivity contribution in [3.63, 3.8) is 0 Å². The predicted molar refractivity (Wildman–Crippen MR) is 60.7 cm³/mol. The summed E-state index contributed by atoms with van der Waals surface area (Å²) in [7, 11) is 1.28. The Hall–Kier alpha value is -1.59. The first-order chi connectivity index (χ1) is 8.51. The fourth-order valence-corrected chi connectivity index (χ4v) is 3.00. The highest BCUT2D eigenvalue weighted by molar-refractivity contribution is 5.92. The average Bonchev–Trinajstić information content (AvgIpc) is 2.95. The summed E-state index contributed by atoms with van der Waals surface area (Å²) in [6.45, 7) is 0.164. The molecular weight excluding hydrogens is 238 g/mol. The first-order valence-corrected chi connectivity index (χ1v) is 6.13. The number of carboxylic acid groups (broad SMARTS) is 1. The average molecular weight is 255 g/mol. The van der Waals surface area contributed by atoms with Crippen LogP contribution in [0.3, 0.4) is 0 Å². The summed E-state index contributed by atoms with van der Waals surface area (Å²) < 4.78 is 4.62. The summed E-state index contributed by atoms with van der Waals surface area (Å²) in [4.78, 5) is 36.3. The number of methoxy groups -OCH3 is 1. The minimum atomic E-state index is -1.10. The number of carbonyl (C=O) groups is 3. The molecule has 0 radical (unpaired) electrons. The van der Waals surface area contributed by atoms with E-state index >= 15 is 0 Å². The second-order valence-electron chi connectivity index (χ2n) is 4.97. The highest BCUT2D eigenvalue weighted by Gasteiger charge is 2.52. The number of hydrogen-bond acceptors (Lipinski definition) is 4. The van der Waals surface area contributed by atoms with Crippen LogP contribution in [0.4, 0.5) is 0 Å². The Bertz CT molecular complexity index is 386. The van der Waals surface area contributed by atoms with Crippen molar-refractivity contribution in [3.8, 4) is 0 Å². The van der Waals surface area contributed by atoms with Gasteiger partial charge in [0.05, 0.1) is 13.0 Å². The molecule has 1 aliphatic heterocycles. The van der Waals surface area contributed by atoms with Gasteiger partial charge in [0.15, 0.2) is 0 Å². The molecule has 1 N–H and O–H groups in total. The van der Waals surface area contributed by atoms with E-state index in [1.54, 1.807) is 0 Å². The van der Waals surface area contributed by atoms with Crippen LogP contribution in [0.15, 0.2) is 0 Å². The molecule has 0 spiro atoms. The molecule has 1 saturated heterocycles. The molecule has 1 atom stereocenters. The third kappa shape index (κ3) is 1.85. The van der Waals surface area contributed by atoms with Gasteiger partial charge in [0, 0.05) is 13.0 Å². The van der Waals surface area contributed by atoms with Gasteiger partial charge < -0.3 is 14.7 Å². The van der Waals surface area contributed by atoms with E-state index in [9.17, 15) is 19.5 Å². The minimum Gasteiger partial charge on any atom is -0.479 e. The van der Waals surface area contributed by atoms with Crippen LogP contribution in [0.1, 0.15) is 32.1 Å². The summed E-state index contributed by atoms with van der Waals surface area (Å²) >= 11 is 0. The first kappa shape index (κ1) is 12.9. The number of likely N-dealkylation sites (tertiary alicyclic amines) is 1. The van der Waals surface area contributed by atoms with Gasteiger partial charge in [-0.2, -0.15) is 0 Å². The number of ether oxygens (including phenoxy) is 1. The van der Waals surface area contributed by atoms with Crippen molar-refractivity contribution >= 4 is 17.8 Å². The van der Waals surface area contributed by atoms with E-state index in [0.29, 0.717) is 12.8 Å². The molecule has 2 rings (SSSR count). The first-order valence-electron chi connectivity index (χ1n) is 6.13. The van der Waals surface area contributed by atoms with Crippen molar-refractivity contribution in [1.82, 2.24) is 4.90 Å². The monoisotopic (exact) mass is 255 g/mol.